The summed E-state index contributed by atoms with van der Waals surface area (Å²) in [4.78, 5) is 11.7. The highest BCUT2D eigenvalue weighted by molar-refractivity contribution is 7.78. The van der Waals surface area contributed by atoms with Crippen LogP contribution in [0.5, 0.6) is 0 Å². The van der Waals surface area contributed by atoms with Crippen molar-refractivity contribution in [1.29, 1.82) is 0 Å². The second kappa shape index (κ2) is 5.77. The lowest BCUT2D eigenvalue weighted by molar-refractivity contribution is 0.0942. The molecule has 0 bridgehead atoms. The number of carbonyl (C=O) groups excluding carboxylic acids is 1. The molecule has 16 heavy (non-hydrogen) atoms. The Kier molecular flexibility index (Phi) is 4.64. The molecule has 1 aromatic rings. The zero-order chi connectivity index (χ0) is 12.1. The summed E-state index contributed by atoms with van der Waals surface area (Å²) in [6.07, 6.45) is 0. The molecule has 1 rings (SSSR count). The number of amides is 1. The van der Waals surface area contributed by atoms with E-state index < -0.39 is 11.1 Å². The molecule has 0 aliphatic carbocycles. The van der Waals surface area contributed by atoms with Gasteiger partial charge >= 0.3 is 0 Å². The van der Waals surface area contributed by atoms with Crippen LogP contribution in [0.15, 0.2) is 24.3 Å². The number of carbonyl (C=O) groups is 1. The highest BCUT2D eigenvalue weighted by Crippen LogP contribution is 2.10. The maximum Gasteiger partial charge on any atom is 0.251 e. The first kappa shape index (κ1) is 12.9. The predicted molar refractivity (Wildman–Crippen MR) is 61.7 cm³/mol. The van der Waals surface area contributed by atoms with Crippen LogP contribution in [0.3, 0.4) is 0 Å². The summed E-state index contributed by atoms with van der Waals surface area (Å²) in [5.41, 5.74) is 0.939. The SMILES string of the molecule is CC(C)NC(=O)c1ccccc1CS(=O)[O-]. The fraction of sp³-hybridized carbons (Fsp3) is 0.364. The molecule has 1 amide bonds. The smallest absolute Gasteiger partial charge is 0.251 e. The van der Waals surface area contributed by atoms with Gasteiger partial charge in [-0.15, -0.1) is 0 Å². The maximum atomic E-state index is 11.7. The van der Waals surface area contributed by atoms with Crippen LogP contribution in [0, 0.1) is 0 Å². The molecular weight excluding hydrogens is 226 g/mol. The van der Waals surface area contributed by atoms with Gasteiger partial charge in [0, 0.05) is 17.4 Å². The Morgan fingerprint density at radius 2 is 2.06 bits per heavy atom. The Balaban J connectivity index is 2.94. The molecule has 0 fully saturated rings. The maximum absolute atomic E-state index is 11.7. The van der Waals surface area contributed by atoms with E-state index in [4.69, 9.17) is 0 Å². The Bertz CT molecular complexity index is 404. The van der Waals surface area contributed by atoms with Crippen molar-refractivity contribution < 1.29 is 13.6 Å². The molecule has 88 valence electrons. The summed E-state index contributed by atoms with van der Waals surface area (Å²) in [5.74, 6) is -0.377. The second-order valence-electron chi connectivity index (χ2n) is 3.73. The third-order valence-electron chi connectivity index (χ3n) is 1.96. The Hall–Kier alpha value is -1.20. The van der Waals surface area contributed by atoms with Gasteiger partial charge in [-0.25, -0.2) is 0 Å². The quantitative estimate of drug-likeness (QED) is 0.804. The number of nitrogens with one attached hydrogen (secondary N) is 1. The molecule has 1 aromatic carbocycles. The van der Waals surface area contributed by atoms with Crippen LogP contribution in [-0.4, -0.2) is 20.7 Å². The first-order chi connectivity index (χ1) is 7.50. The fourth-order valence-electron chi connectivity index (χ4n) is 1.33. The average Bonchev–Trinajstić information content (AvgIpc) is 2.16. The molecule has 0 radical (unpaired) electrons. The van der Waals surface area contributed by atoms with Gasteiger partial charge < -0.3 is 9.87 Å². The molecule has 0 aromatic heterocycles. The highest BCUT2D eigenvalue weighted by atomic mass is 32.2. The molecule has 0 saturated carbocycles. The van der Waals surface area contributed by atoms with Crippen LogP contribution in [0.4, 0.5) is 0 Å². The molecule has 0 heterocycles. The fourth-order valence-corrected chi connectivity index (χ4v) is 1.84. The molecule has 1 N–H and O–H groups in total. The molecular formula is C11H14NO3S-. The van der Waals surface area contributed by atoms with Crippen LogP contribution in [0.25, 0.3) is 0 Å². The molecule has 0 aliphatic rings. The number of benzene rings is 1. The molecule has 0 saturated heterocycles. The van der Waals surface area contributed by atoms with Crippen LogP contribution >= 0.6 is 0 Å². The van der Waals surface area contributed by atoms with E-state index in [0.29, 0.717) is 11.1 Å². The first-order valence-electron chi connectivity index (χ1n) is 4.95. The van der Waals surface area contributed by atoms with Crippen molar-refractivity contribution in [3.63, 3.8) is 0 Å². The van der Waals surface area contributed by atoms with E-state index >= 15 is 0 Å². The van der Waals surface area contributed by atoms with E-state index in [0.717, 1.165) is 0 Å². The summed E-state index contributed by atoms with van der Waals surface area (Å²) in [5, 5.41) is 2.73. The molecule has 4 nitrogen and oxygen atoms in total. The lowest BCUT2D eigenvalue weighted by Gasteiger charge is -2.13. The van der Waals surface area contributed by atoms with Gasteiger partial charge in [-0.05, 0) is 25.5 Å². The van der Waals surface area contributed by atoms with Gasteiger partial charge in [-0.1, -0.05) is 29.3 Å². The average molecular weight is 240 g/mol. The van der Waals surface area contributed by atoms with Gasteiger partial charge in [0.15, 0.2) is 0 Å². The Morgan fingerprint density at radius 3 is 2.62 bits per heavy atom. The summed E-state index contributed by atoms with van der Waals surface area (Å²) >= 11 is -2.19. The molecule has 0 spiro atoms. The van der Waals surface area contributed by atoms with Crippen LogP contribution < -0.4 is 5.32 Å². The standard InChI is InChI=1S/C11H15NO3S/c1-8(2)12-11(13)10-6-4-3-5-9(10)7-16(14)15/h3-6,8H,7H2,1-2H3,(H,12,13)(H,14,15)/p-1. The van der Waals surface area contributed by atoms with Crippen molar-refractivity contribution in [2.24, 2.45) is 0 Å². The number of hydrogen-bond acceptors (Lipinski definition) is 3. The van der Waals surface area contributed by atoms with E-state index in [1.807, 2.05) is 13.8 Å². The normalized spacial score (nSPS) is 12.5. The third-order valence-corrected chi connectivity index (χ3v) is 2.50. The summed E-state index contributed by atoms with van der Waals surface area (Å²) in [7, 11) is 0. The summed E-state index contributed by atoms with van der Waals surface area (Å²) < 4.78 is 21.3. The topological polar surface area (TPSA) is 69.2 Å². The predicted octanol–water partition coefficient (Wildman–Crippen LogP) is 1.20. The van der Waals surface area contributed by atoms with Gasteiger partial charge in [0.2, 0.25) is 0 Å². The molecule has 0 aliphatic heterocycles. The van der Waals surface area contributed by atoms with Crippen molar-refractivity contribution in [1.82, 2.24) is 5.32 Å². The van der Waals surface area contributed by atoms with E-state index in [9.17, 15) is 13.6 Å². The zero-order valence-corrected chi connectivity index (χ0v) is 10.0. The lowest BCUT2D eigenvalue weighted by atomic mass is 10.1. The Morgan fingerprint density at radius 1 is 1.44 bits per heavy atom. The molecule has 5 heteroatoms. The van der Waals surface area contributed by atoms with E-state index in [2.05, 4.69) is 5.32 Å². The van der Waals surface area contributed by atoms with Crippen molar-refractivity contribution >= 4 is 17.0 Å². The van der Waals surface area contributed by atoms with Crippen molar-refractivity contribution in [2.45, 2.75) is 25.6 Å². The largest absolute Gasteiger partial charge is 0.772 e. The zero-order valence-electron chi connectivity index (χ0n) is 9.23. The van der Waals surface area contributed by atoms with E-state index in [1.165, 1.54) is 0 Å². The summed E-state index contributed by atoms with van der Waals surface area (Å²) in [6.45, 7) is 3.71. The third kappa shape index (κ3) is 3.75. The van der Waals surface area contributed by atoms with Gasteiger partial charge in [-0.2, -0.15) is 0 Å². The summed E-state index contributed by atoms with van der Waals surface area (Å²) in [6, 6.07) is 6.73. The van der Waals surface area contributed by atoms with Crippen LogP contribution in [0.1, 0.15) is 29.8 Å². The van der Waals surface area contributed by atoms with Gasteiger partial charge in [-0.3, -0.25) is 9.00 Å². The highest BCUT2D eigenvalue weighted by Gasteiger charge is 2.11. The van der Waals surface area contributed by atoms with Crippen molar-refractivity contribution in [2.75, 3.05) is 0 Å². The minimum atomic E-state index is -2.19. The van der Waals surface area contributed by atoms with Crippen molar-refractivity contribution in [3.8, 4) is 0 Å². The van der Waals surface area contributed by atoms with E-state index in [-0.39, 0.29) is 17.7 Å². The first-order valence-corrected chi connectivity index (χ1v) is 6.19. The molecule has 1 atom stereocenters. The molecule has 1 unspecified atom stereocenters. The number of rotatable bonds is 4. The van der Waals surface area contributed by atoms with Gasteiger partial charge in [0.1, 0.15) is 0 Å². The van der Waals surface area contributed by atoms with Crippen molar-refractivity contribution in [3.05, 3.63) is 35.4 Å². The monoisotopic (exact) mass is 240 g/mol. The minimum Gasteiger partial charge on any atom is -0.772 e. The second-order valence-corrected chi connectivity index (χ2v) is 4.63. The lowest BCUT2D eigenvalue weighted by Crippen LogP contribution is -2.30. The minimum absolute atomic E-state index is 0.0262. The van der Waals surface area contributed by atoms with Crippen LogP contribution in [0.2, 0.25) is 0 Å². The number of hydrogen-bond donors (Lipinski definition) is 1. The van der Waals surface area contributed by atoms with Gasteiger partial charge in [0.05, 0.1) is 0 Å². The van der Waals surface area contributed by atoms with E-state index in [1.54, 1.807) is 24.3 Å². The van der Waals surface area contributed by atoms with Gasteiger partial charge in [0.25, 0.3) is 5.91 Å². The van der Waals surface area contributed by atoms with Crippen LogP contribution in [-0.2, 0) is 16.8 Å². The Labute approximate surface area is 97.3 Å².